The third kappa shape index (κ3) is 2.44. The maximum Gasteiger partial charge on any atom is 0.302 e. The molecule has 0 heterocycles. The van der Waals surface area contributed by atoms with E-state index in [0.29, 0.717) is 5.92 Å². The Balaban J connectivity index is 1.78. The first kappa shape index (κ1) is 16.4. The molecule has 3 heteroatoms. The van der Waals surface area contributed by atoms with E-state index >= 15 is 0 Å². The second kappa shape index (κ2) is 5.76. The van der Waals surface area contributed by atoms with Crippen LogP contribution in [0.2, 0.25) is 0 Å². The van der Waals surface area contributed by atoms with Crippen LogP contribution in [0.15, 0.2) is 35.4 Å². The van der Waals surface area contributed by atoms with Crippen LogP contribution < -0.4 is 4.74 Å². The van der Waals surface area contributed by atoms with Crippen LogP contribution in [-0.2, 0) is 16.0 Å². The average Bonchev–Trinajstić information content (AvgIpc) is 2.90. The molecule has 0 fully saturated rings. The molecule has 1 aromatic rings. The molecule has 0 radical (unpaired) electrons. The van der Waals surface area contributed by atoms with Gasteiger partial charge in [0.15, 0.2) is 0 Å². The normalized spacial score (nSPS) is 30.2. The van der Waals surface area contributed by atoms with Gasteiger partial charge in [-0.1, -0.05) is 26.0 Å². The number of benzene rings is 1. The molecule has 132 valence electrons. The highest BCUT2D eigenvalue weighted by Crippen LogP contribution is 2.57. The standard InChI is InChI=1S/C22H26O3/c1-13-11-15-12-16(24-4)5-6-17(15)18-9-10-22(3)19(21(13)18)7-8-20(22)25-14(2)23/h5-7,12-13,20H,8-11H2,1-4H3/t13-,20+,22+/m1/s1. The van der Waals surface area contributed by atoms with Crippen LogP contribution in [0.5, 0.6) is 5.75 Å². The van der Waals surface area contributed by atoms with Gasteiger partial charge in [0.2, 0.25) is 0 Å². The Morgan fingerprint density at radius 2 is 2.12 bits per heavy atom. The van der Waals surface area contributed by atoms with Crippen LogP contribution in [0.25, 0.3) is 5.57 Å². The highest BCUT2D eigenvalue weighted by atomic mass is 16.5. The van der Waals surface area contributed by atoms with Gasteiger partial charge in [0.05, 0.1) is 7.11 Å². The van der Waals surface area contributed by atoms with Crippen molar-refractivity contribution in [3.05, 3.63) is 46.5 Å². The molecule has 0 spiro atoms. The number of rotatable bonds is 2. The first-order valence-corrected chi connectivity index (χ1v) is 9.22. The molecule has 0 saturated carbocycles. The number of ether oxygens (including phenoxy) is 2. The summed E-state index contributed by atoms with van der Waals surface area (Å²) >= 11 is 0. The number of hydrogen-bond acceptors (Lipinski definition) is 3. The lowest BCUT2D eigenvalue weighted by Gasteiger charge is -2.43. The predicted octanol–water partition coefficient (Wildman–Crippen LogP) is 4.70. The smallest absolute Gasteiger partial charge is 0.302 e. The lowest BCUT2D eigenvalue weighted by atomic mass is 9.62. The second-order valence-electron chi connectivity index (χ2n) is 7.89. The van der Waals surface area contributed by atoms with Gasteiger partial charge in [-0.25, -0.2) is 0 Å². The predicted molar refractivity (Wildman–Crippen MR) is 98.4 cm³/mol. The number of fused-ring (bicyclic) bond motifs is 4. The second-order valence-corrected chi connectivity index (χ2v) is 7.89. The minimum Gasteiger partial charge on any atom is -0.497 e. The minimum atomic E-state index is -0.171. The van der Waals surface area contributed by atoms with E-state index in [1.807, 2.05) is 0 Å². The van der Waals surface area contributed by atoms with Gasteiger partial charge in [-0.3, -0.25) is 4.79 Å². The molecule has 3 atom stereocenters. The van der Waals surface area contributed by atoms with Gasteiger partial charge in [-0.2, -0.15) is 0 Å². The van der Waals surface area contributed by atoms with E-state index in [9.17, 15) is 4.79 Å². The summed E-state index contributed by atoms with van der Waals surface area (Å²) in [5.74, 6) is 1.25. The van der Waals surface area contributed by atoms with Gasteiger partial charge in [-0.05, 0) is 65.2 Å². The first-order valence-electron chi connectivity index (χ1n) is 9.22. The van der Waals surface area contributed by atoms with Crippen molar-refractivity contribution in [1.82, 2.24) is 0 Å². The number of carbonyl (C=O) groups is 1. The Bertz CT molecular complexity index is 801. The van der Waals surface area contributed by atoms with Crippen molar-refractivity contribution in [1.29, 1.82) is 0 Å². The molecule has 0 aromatic heterocycles. The molecule has 3 aliphatic rings. The van der Waals surface area contributed by atoms with Crippen LogP contribution in [0.1, 0.15) is 51.2 Å². The fourth-order valence-corrected chi connectivity index (χ4v) is 5.10. The summed E-state index contributed by atoms with van der Waals surface area (Å²) < 4.78 is 11.1. The average molecular weight is 338 g/mol. The number of esters is 1. The lowest BCUT2D eigenvalue weighted by molar-refractivity contribution is -0.150. The van der Waals surface area contributed by atoms with Crippen LogP contribution >= 0.6 is 0 Å². The van der Waals surface area contributed by atoms with E-state index in [1.54, 1.807) is 7.11 Å². The zero-order valence-electron chi connectivity index (χ0n) is 15.5. The van der Waals surface area contributed by atoms with Crippen molar-refractivity contribution in [3.8, 4) is 5.75 Å². The molecule has 0 N–H and O–H groups in total. The van der Waals surface area contributed by atoms with E-state index in [2.05, 4.69) is 38.1 Å². The molecule has 4 rings (SSSR count). The molecule has 0 saturated heterocycles. The van der Waals surface area contributed by atoms with Crippen LogP contribution in [0.3, 0.4) is 0 Å². The van der Waals surface area contributed by atoms with Crippen molar-refractivity contribution in [2.24, 2.45) is 11.3 Å². The van der Waals surface area contributed by atoms with Crippen LogP contribution in [0, 0.1) is 11.3 Å². The summed E-state index contributed by atoms with van der Waals surface area (Å²) in [6.07, 6.45) is 6.27. The van der Waals surface area contributed by atoms with E-state index in [4.69, 9.17) is 9.47 Å². The Hall–Kier alpha value is -2.03. The van der Waals surface area contributed by atoms with Crippen molar-refractivity contribution in [2.45, 2.75) is 52.6 Å². The molecule has 3 aliphatic carbocycles. The molecular weight excluding hydrogens is 312 g/mol. The van der Waals surface area contributed by atoms with Crippen molar-refractivity contribution in [2.75, 3.05) is 7.11 Å². The summed E-state index contributed by atoms with van der Waals surface area (Å²) in [4.78, 5) is 11.5. The number of allylic oxidation sites excluding steroid dienone is 2. The Morgan fingerprint density at radius 1 is 1.32 bits per heavy atom. The zero-order chi connectivity index (χ0) is 17.8. The quantitative estimate of drug-likeness (QED) is 0.733. The van der Waals surface area contributed by atoms with E-state index in [1.165, 1.54) is 34.8 Å². The van der Waals surface area contributed by atoms with E-state index in [0.717, 1.165) is 31.4 Å². The van der Waals surface area contributed by atoms with Crippen molar-refractivity contribution >= 4 is 11.5 Å². The molecule has 0 unspecified atom stereocenters. The number of hydrogen-bond donors (Lipinski definition) is 0. The minimum absolute atomic E-state index is 0.0153. The Kier molecular flexibility index (Phi) is 3.78. The third-order valence-electron chi connectivity index (χ3n) is 6.34. The summed E-state index contributed by atoms with van der Waals surface area (Å²) in [7, 11) is 1.73. The number of methoxy groups -OCH3 is 1. The van der Waals surface area contributed by atoms with E-state index in [-0.39, 0.29) is 17.5 Å². The lowest BCUT2D eigenvalue weighted by Crippen LogP contribution is -2.37. The van der Waals surface area contributed by atoms with Gasteiger partial charge >= 0.3 is 5.97 Å². The third-order valence-corrected chi connectivity index (χ3v) is 6.34. The molecule has 0 aliphatic heterocycles. The maximum atomic E-state index is 11.5. The van der Waals surface area contributed by atoms with Crippen LogP contribution in [-0.4, -0.2) is 19.2 Å². The summed E-state index contributed by atoms with van der Waals surface area (Å²) in [5.41, 5.74) is 7.15. The van der Waals surface area contributed by atoms with Gasteiger partial charge in [-0.15, -0.1) is 0 Å². The molecule has 3 nitrogen and oxygen atoms in total. The monoisotopic (exact) mass is 338 g/mol. The molecule has 0 bridgehead atoms. The summed E-state index contributed by atoms with van der Waals surface area (Å²) in [6.45, 7) is 6.12. The molecule has 25 heavy (non-hydrogen) atoms. The number of carbonyl (C=O) groups excluding carboxylic acids is 1. The van der Waals surface area contributed by atoms with Gasteiger partial charge in [0, 0.05) is 18.8 Å². The maximum absolute atomic E-state index is 11.5. The van der Waals surface area contributed by atoms with E-state index < -0.39 is 0 Å². The van der Waals surface area contributed by atoms with Crippen molar-refractivity contribution < 1.29 is 14.3 Å². The fraction of sp³-hybridized carbons (Fsp3) is 0.500. The Labute approximate surface area is 149 Å². The van der Waals surface area contributed by atoms with Crippen LogP contribution in [0.4, 0.5) is 0 Å². The molecule has 0 amide bonds. The Morgan fingerprint density at radius 3 is 2.84 bits per heavy atom. The van der Waals surface area contributed by atoms with Gasteiger partial charge in [0.25, 0.3) is 0 Å². The molecular formula is C22H26O3. The first-order chi connectivity index (χ1) is 11.9. The highest BCUT2D eigenvalue weighted by Gasteiger charge is 2.49. The largest absolute Gasteiger partial charge is 0.497 e. The molecule has 1 aromatic carbocycles. The fourth-order valence-electron chi connectivity index (χ4n) is 5.10. The van der Waals surface area contributed by atoms with Gasteiger partial charge in [0.1, 0.15) is 11.9 Å². The van der Waals surface area contributed by atoms with Gasteiger partial charge < -0.3 is 9.47 Å². The van der Waals surface area contributed by atoms with Crippen molar-refractivity contribution in [3.63, 3.8) is 0 Å². The zero-order valence-corrected chi connectivity index (χ0v) is 15.5. The topological polar surface area (TPSA) is 35.5 Å². The summed E-state index contributed by atoms with van der Waals surface area (Å²) in [6, 6.07) is 6.48. The SMILES string of the molecule is COc1ccc2c(c1)C[C@@H](C)C1=C2CC[C@@]2(C)C1=CC[C@@H]2OC(C)=O. The summed E-state index contributed by atoms with van der Waals surface area (Å²) in [5, 5.41) is 0. The highest BCUT2D eigenvalue weighted by molar-refractivity contribution is 5.80.